The molecule has 1 unspecified atom stereocenters. The summed E-state index contributed by atoms with van der Waals surface area (Å²) in [4.78, 5) is 24.4. The van der Waals surface area contributed by atoms with Crippen LogP contribution in [0.15, 0.2) is 59.5 Å². The fraction of sp³-hybridized carbons (Fsp3) is 0.273. The quantitative estimate of drug-likeness (QED) is 0.485. The number of hydrogen-bond acceptors (Lipinski definition) is 6. The van der Waals surface area contributed by atoms with Crippen LogP contribution in [0.2, 0.25) is 5.02 Å². The predicted molar refractivity (Wildman–Crippen MR) is 121 cm³/mol. The summed E-state index contributed by atoms with van der Waals surface area (Å²) in [6, 6.07) is 12.8. The van der Waals surface area contributed by atoms with Crippen molar-refractivity contribution in [3.8, 4) is 0 Å². The van der Waals surface area contributed by atoms with Gasteiger partial charge < -0.3 is 14.8 Å². The summed E-state index contributed by atoms with van der Waals surface area (Å²) < 4.78 is 37.0. The number of ether oxygens (including phenoxy) is 2. The van der Waals surface area contributed by atoms with Crippen molar-refractivity contribution in [3.05, 3.63) is 65.2 Å². The number of halogens is 1. The summed E-state index contributed by atoms with van der Waals surface area (Å²) in [7, 11) is -3.62. The van der Waals surface area contributed by atoms with Crippen molar-refractivity contribution in [2.75, 3.05) is 31.6 Å². The van der Waals surface area contributed by atoms with Gasteiger partial charge in [0.15, 0.2) is 6.10 Å². The number of nitrogens with zero attached hydrogens (tertiary/aromatic N) is 1. The van der Waals surface area contributed by atoms with Gasteiger partial charge in [0.25, 0.3) is 5.91 Å². The third-order valence-corrected chi connectivity index (χ3v) is 6.95. The fourth-order valence-electron chi connectivity index (χ4n) is 2.93. The average Bonchev–Trinajstić information content (AvgIpc) is 2.79. The van der Waals surface area contributed by atoms with E-state index in [9.17, 15) is 18.0 Å². The molecule has 2 aromatic carbocycles. The number of sulfonamides is 1. The maximum atomic E-state index is 12.6. The number of anilines is 1. The molecular weight excluding hydrogens is 456 g/mol. The van der Waals surface area contributed by atoms with Gasteiger partial charge in [-0.15, -0.1) is 0 Å². The average molecular weight is 479 g/mol. The lowest BCUT2D eigenvalue weighted by Gasteiger charge is -2.26. The third-order valence-electron chi connectivity index (χ3n) is 4.70. The van der Waals surface area contributed by atoms with Crippen molar-refractivity contribution in [2.24, 2.45) is 0 Å². The number of morpholine rings is 1. The molecule has 1 saturated heterocycles. The van der Waals surface area contributed by atoms with Crippen molar-refractivity contribution in [1.29, 1.82) is 0 Å². The molecule has 1 atom stereocenters. The fourth-order valence-corrected chi connectivity index (χ4v) is 4.53. The van der Waals surface area contributed by atoms with Crippen molar-refractivity contribution in [2.45, 2.75) is 17.9 Å². The molecule has 0 spiro atoms. The Labute approximate surface area is 191 Å². The molecular formula is C22H23ClN2O6S. The molecule has 0 aromatic heterocycles. The summed E-state index contributed by atoms with van der Waals surface area (Å²) in [6.45, 7) is 2.76. The van der Waals surface area contributed by atoms with Crippen LogP contribution in [0.4, 0.5) is 5.69 Å². The summed E-state index contributed by atoms with van der Waals surface area (Å²) in [5.74, 6) is -1.24. The number of carbonyl (C=O) groups excluding carboxylic acids is 2. The minimum atomic E-state index is -3.62. The topological polar surface area (TPSA) is 102 Å². The van der Waals surface area contributed by atoms with E-state index < -0.39 is 28.0 Å². The van der Waals surface area contributed by atoms with Crippen LogP contribution in [0.3, 0.4) is 0 Å². The van der Waals surface area contributed by atoms with Gasteiger partial charge in [-0.1, -0.05) is 29.8 Å². The van der Waals surface area contributed by atoms with Gasteiger partial charge >= 0.3 is 5.97 Å². The first-order valence-corrected chi connectivity index (χ1v) is 11.7. The minimum Gasteiger partial charge on any atom is -0.449 e. The van der Waals surface area contributed by atoms with Crippen LogP contribution in [-0.4, -0.2) is 57.0 Å². The maximum Gasteiger partial charge on any atom is 0.331 e. The highest BCUT2D eigenvalue weighted by Gasteiger charge is 2.26. The van der Waals surface area contributed by atoms with E-state index in [4.69, 9.17) is 21.1 Å². The Bertz CT molecular complexity index is 1100. The van der Waals surface area contributed by atoms with Crippen LogP contribution >= 0.6 is 11.6 Å². The van der Waals surface area contributed by atoms with Gasteiger partial charge in [-0.05, 0) is 48.9 Å². The lowest BCUT2D eigenvalue weighted by atomic mass is 10.2. The van der Waals surface area contributed by atoms with Crippen LogP contribution in [0.25, 0.3) is 6.08 Å². The highest BCUT2D eigenvalue weighted by molar-refractivity contribution is 7.89. The van der Waals surface area contributed by atoms with Gasteiger partial charge in [-0.3, -0.25) is 4.79 Å². The second kappa shape index (κ2) is 10.7. The SMILES string of the molecule is CC(OC(=O)C=Cc1ccccc1Cl)C(=O)Nc1ccc(S(=O)(=O)N2CCOCC2)cc1. The lowest BCUT2D eigenvalue weighted by Crippen LogP contribution is -2.40. The zero-order chi connectivity index (χ0) is 23.1. The molecule has 0 saturated carbocycles. The molecule has 8 nitrogen and oxygen atoms in total. The normalized spacial score (nSPS) is 15.9. The first-order chi connectivity index (χ1) is 15.3. The van der Waals surface area contributed by atoms with Crippen LogP contribution in [0, 0.1) is 0 Å². The lowest BCUT2D eigenvalue weighted by molar-refractivity contribution is -0.148. The molecule has 3 rings (SSSR count). The van der Waals surface area contributed by atoms with E-state index in [1.807, 2.05) is 0 Å². The van der Waals surface area contributed by atoms with Crippen LogP contribution in [0.1, 0.15) is 12.5 Å². The van der Waals surface area contributed by atoms with Gasteiger partial charge in [-0.25, -0.2) is 13.2 Å². The molecule has 10 heteroatoms. The first kappa shape index (κ1) is 23.9. The molecule has 1 amide bonds. The van der Waals surface area contributed by atoms with E-state index in [2.05, 4.69) is 5.32 Å². The van der Waals surface area contributed by atoms with E-state index in [1.165, 1.54) is 47.6 Å². The largest absolute Gasteiger partial charge is 0.449 e. The number of esters is 1. The van der Waals surface area contributed by atoms with E-state index in [0.717, 1.165) is 0 Å². The maximum absolute atomic E-state index is 12.6. The Morgan fingerprint density at radius 2 is 1.78 bits per heavy atom. The Hall–Kier alpha value is -2.72. The number of carbonyl (C=O) groups is 2. The zero-order valence-corrected chi connectivity index (χ0v) is 18.9. The number of rotatable bonds is 7. The number of hydrogen-bond donors (Lipinski definition) is 1. The Kier molecular flexibility index (Phi) is 8.03. The highest BCUT2D eigenvalue weighted by Crippen LogP contribution is 2.20. The number of amides is 1. The van der Waals surface area contributed by atoms with Crippen molar-refractivity contribution in [1.82, 2.24) is 4.31 Å². The third kappa shape index (κ3) is 6.17. The van der Waals surface area contributed by atoms with Gasteiger partial charge in [0.1, 0.15) is 0 Å². The molecule has 2 aromatic rings. The molecule has 1 aliphatic rings. The van der Waals surface area contributed by atoms with E-state index in [-0.39, 0.29) is 4.90 Å². The van der Waals surface area contributed by atoms with Gasteiger partial charge in [-0.2, -0.15) is 4.31 Å². The highest BCUT2D eigenvalue weighted by atomic mass is 35.5. The van der Waals surface area contributed by atoms with Gasteiger partial charge in [0.2, 0.25) is 10.0 Å². The first-order valence-electron chi connectivity index (χ1n) is 9.89. The van der Waals surface area contributed by atoms with Crippen LogP contribution < -0.4 is 5.32 Å². The smallest absolute Gasteiger partial charge is 0.331 e. The number of benzene rings is 2. The van der Waals surface area contributed by atoms with E-state index in [0.29, 0.717) is 42.6 Å². The standard InChI is InChI=1S/C22H23ClN2O6S/c1-16(31-21(26)11-6-17-4-2-3-5-20(17)23)22(27)24-18-7-9-19(10-8-18)32(28,29)25-12-14-30-15-13-25/h2-11,16H,12-15H2,1H3,(H,24,27). The Morgan fingerprint density at radius 3 is 2.44 bits per heavy atom. The Morgan fingerprint density at radius 1 is 1.12 bits per heavy atom. The second-order valence-electron chi connectivity index (χ2n) is 6.96. The molecule has 1 aliphatic heterocycles. The Balaban J connectivity index is 1.55. The molecule has 0 aliphatic carbocycles. The molecule has 170 valence electrons. The van der Waals surface area contributed by atoms with Gasteiger partial charge in [0.05, 0.1) is 18.1 Å². The summed E-state index contributed by atoms with van der Waals surface area (Å²) in [5, 5.41) is 3.09. The van der Waals surface area contributed by atoms with Crippen molar-refractivity contribution < 1.29 is 27.5 Å². The van der Waals surface area contributed by atoms with Crippen LogP contribution in [-0.2, 0) is 29.1 Å². The molecule has 0 bridgehead atoms. The van der Waals surface area contributed by atoms with Crippen LogP contribution in [0.5, 0.6) is 0 Å². The summed E-state index contributed by atoms with van der Waals surface area (Å²) >= 11 is 6.02. The van der Waals surface area contributed by atoms with E-state index >= 15 is 0 Å². The van der Waals surface area contributed by atoms with Crippen molar-refractivity contribution >= 4 is 45.3 Å². The summed E-state index contributed by atoms with van der Waals surface area (Å²) in [6.07, 6.45) is 1.63. The summed E-state index contributed by atoms with van der Waals surface area (Å²) in [5.41, 5.74) is 1.03. The number of nitrogens with one attached hydrogen (secondary N) is 1. The molecule has 1 fully saturated rings. The molecule has 32 heavy (non-hydrogen) atoms. The monoisotopic (exact) mass is 478 g/mol. The molecule has 0 radical (unpaired) electrons. The predicted octanol–water partition coefficient (Wildman–Crippen LogP) is 2.94. The van der Waals surface area contributed by atoms with Crippen molar-refractivity contribution in [3.63, 3.8) is 0 Å². The van der Waals surface area contributed by atoms with Gasteiger partial charge in [0, 0.05) is 29.9 Å². The second-order valence-corrected chi connectivity index (χ2v) is 9.31. The molecule has 1 heterocycles. The van der Waals surface area contributed by atoms with E-state index in [1.54, 1.807) is 24.3 Å². The molecule has 1 N–H and O–H groups in total. The minimum absolute atomic E-state index is 0.126. The zero-order valence-electron chi connectivity index (χ0n) is 17.4.